The van der Waals surface area contributed by atoms with Gasteiger partial charge < -0.3 is 14.9 Å². The lowest BCUT2D eigenvalue weighted by atomic mass is 10.1. The molecule has 0 radical (unpaired) electrons. The highest BCUT2D eigenvalue weighted by atomic mass is 16.1. The molecule has 3 N–H and O–H groups in total. The molecule has 0 fully saturated rings. The molecule has 1 aromatic carbocycles. The van der Waals surface area contributed by atoms with E-state index in [9.17, 15) is 4.79 Å². The van der Waals surface area contributed by atoms with Crippen molar-refractivity contribution in [3.05, 3.63) is 67.1 Å². The number of nitrogens with one attached hydrogen (secondary N) is 3. The summed E-state index contributed by atoms with van der Waals surface area (Å²) in [4.78, 5) is 33.2. The minimum atomic E-state index is -0.0650. The molecule has 0 atom stereocenters. The smallest absolute Gasteiger partial charge is 0.224 e. The zero-order valence-electron chi connectivity index (χ0n) is 19.1. The highest BCUT2D eigenvalue weighted by molar-refractivity contribution is 5.95. The Morgan fingerprint density at radius 3 is 2.83 bits per heavy atom. The lowest BCUT2D eigenvalue weighted by Crippen LogP contribution is -2.09. The first-order valence-electron chi connectivity index (χ1n) is 11.2. The summed E-state index contributed by atoms with van der Waals surface area (Å²) in [6, 6.07) is 9.86. The van der Waals surface area contributed by atoms with Crippen molar-refractivity contribution in [3.8, 4) is 28.3 Å². The third-order valence-electron chi connectivity index (χ3n) is 5.80. The van der Waals surface area contributed by atoms with Gasteiger partial charge in [0.25, 0.3) is 0 Å². The van der Waals surface area contributed by atoms with Gasteiger partial charge in [-0.3, -0.25) is 14.9 Å². The average Bonchev–Trinajstić information content (AvgIpc) is 3.61. The quantitative estimate of drug-likeness (QED) is 0.347. The van der Waals surface area contributed by atoms with Crippen molar-refractivity contribution in [2.24, 2.45) is 0 Å². The second kappa shape index (κ2) is 8.17. The summed E-state index contributed by atoms with van der Waals surface area (Å²) in [5.41, 5.74) is 7.25. The minimum absolute atomic E-state index is 0.0650. The predicted octanol–water partition coefficient (Wildman–Crippen LogP) is 4.41. The number of carbonyl (C=O) groups is 1. The van der Waals surface area contributed by atoms with Gasteiger partial charge in [-0.15, -0.1) is 0 Å². The fraction of sp³-hybridized carbons (Fsp3) is 0.120. The number of hydrogen-bond acceptors (Lipinski definition) is 6. The molecule has 5 aromatic heterocycles. The molecule has 6 rings (SSSR count). The number of pyridine rings is 2. The lowest BCUT2D eigenvalue weighted by Gasteiger charge is -2.06. The molecule has 35 heavy (non-hydrogen) atoms. The number of aryl methyl sites for hydroxylation is 1. The standard InChI is InChI=1S/C25H21N9O/c1-3-21(35)29-17-7-15(9-26-11-17)16-8-18-22(32-33-24(18)27-10-16)25-30-19-5-4-6-20(23(19)31-25)34-12-14(2)28-13-34/h4-13H,3H2,1-2H3,(H,29,35)(H,30,31)(H,27,32,33). The Kier molecular flexibility index (Phi) is 4.84. The van der Waals surface area contributed by atoms with Gasteiger partial charge in [-0.2, -0.15) is 5.10 Å². The number of amides is 1. The molecule has 10 heteroatoms. The molecule has 0 unspecified atom stereocenters. The molecule has 0 aliphatic rings. The van der Waals surface area contributed by atoms with Crippen LogP contribution in [0.4, 0.5) is 5.69 Å². The number of anilines is 1. The molecule has 1 amide bonds. The zero-order chi connectivity index (χ0) is 23.9. The van der Waals surface area contributed by atoms with Crippen LogP contribution >= 0.6 is 0 Å². The molecule has 5 heterocycles. The summed E-state index contributed by atoms with van der Waals surface area (Å²) >= 11 is 0. The highest BCUT2D eigenvalue weighted by Crippen LogP contribution is 2.31. The minimum Gasteiger partial charge on any atom is -0.337 e. The number of carbonyl (C=O) groups excluding carboxylic acids is 1. The number of fused-ring (bicyclic) bond motifs is 2. The van der Waals surface area contributed by atoms with Crippen molar-refractivity contribution in [3.63, 3.8) is 0 Å². The van der Waals surface area contributed by atoms with E-state index in [-0.39, 0.29) is 5.91 Å². The fourth-order valence-corrected chi connectivity index (χ4v) is 4.05. The molecule has 172 valence electrons. The van der Waals surface area contributed by atoms with Crippen LogP contribution in [-0.2, 0) is 4.79 Å². The van der Waals surface area contributed by atoms with Gasteiger partial charge in [-0.05, 0) is 31.2 Å². The number of imidazole rings is 2. The van der Waals surface area contributed by atoms with Crippen LogP contribution in [-0.4, -0.2) is 45.6 Å². The molecule has 0 saturated carbocycles. The summed E-state index contributed by atoms with van der Waals surface area (Å²) < 4.78 is 1.96. The molecular weight excluding hydrogens is 442 g/mol. The summed E-state index contributed by atoms with van der Waals surface area (Å²) in [5.74, 6) is 0.595. The van der Waals surface area contributed by atoms with Crippen LogP contribution < -0.4 is 5.32 Å². The van der Waals surface area contributed by atoms with Gasteiger partial charge in [0.05, 0.1) is 40.5 Å². The van der Waals surface area contributed by atoms with Gasteiger partial charge in [0.1, 0.15) is 11.2 Å². The van der Waals surface area contributed by atoms with E-state index in [0.717, 1.165) is 44.6 Å². The van der Waals surface area contributed by atoms with Crippen LogP contribution in [0.25, 0.3) is 50.4 Å². The van der Waals surface area contributed by atoms with Crippen molar-refractivity contribution >= 4 is 33.7 Å². The number of rotatable bonds is 5. The van der Waals surface area contributed by atoms with Crippen molar-refractivity contribution in [2.75, 3.05) is 5.32 Å². The molecule has 0 aliphatic carbocycles. The second-order valence-corrected chi connectivity index (χ2v) is 8.24. The van der Waals surface area contributed by atoms with E-state index in [1.807, 2.05) is 54.9 Å². The highest BCUT2D eigenvalue weighted by Gasteiger charge is 2.16. The Bertz CT molecular complexity index is 1710. The lowest BCUT2D eigenvalue weighted by molar-refractivity contribution is -0.115. The molecule has 0 bridgehead atoms. The SMILES string of the molecule is CCC(=O)Nc1cncc(-c2cnc3n[nH]c(-c4nc5c(-n6cnc(C)c6)cccc5[nH]4)c3c2)c1. The van der Waals surface area contributed by atoms with Crippen molar-refractivity contribution in [1.82, 2.24) is 39.7 Å². The van der Waals surface area contributed by atoms with Gasteiger partial charge in [0, 0.05) is 36.1 Å². The van der Waals surface area contributed by atoms with Gasteiger partial charge in [-0.1, -0.05) is 13.0 Å². The van der Waals surface area contributed by atoms with Crippen LogP contribution in [0.1, 0.15) is 19.0 Å². The molecule has 6 aromatic rings. The van der Waals surface area contributed by atoms with E-state index in [1.54, 1.807) is 24.9 Å². The van der Waals surface area contributed by atoms with E-state index in [2.05, 4.69) is 35.5 Å². The van der Waals surface area contributed by atoms with E-state index >= 15 is 0 Å². The Hall–Kier alpha value is -4.86. The molecule has 10 nitrogen and oxygen atoms in total. The van der Waals surface area contributed by atoms with Gasteiger partial charge in [0.2, 0.25) is 5.91 Å². The monoisotopic (exact) mass is 463 g/mol. The van der Waals surface area contributed by atoms with Crippen LogP contribution in [0.15, 0.2) is 61.4 Å². The maximum absolute atomic E-state index is 11.8. The summed E-state index contributed by atoms with van der Waals surface area (Å²) in [6.07, 6.45) is 9.26. The van der Waals surface area contributed by atoms with Crippen molar-refractivity contribution < 1.29 is 4.79 Å². The largest absolute Gasteiger partial charge is 0.337 e. The topological polar surface area (TPSA) is 130 Å². The normalized spacial score (nSPS) is 11.4. The number of aromatic amines is 2. The molecule has 0 saturated heterocycles. The Balaban J connectivity index is 1.43. The molecule has 0 aliphatic heterocycles. The predicted molar refractivity (Wildman–Crippen MR) is 133 cm³/mol. The molecular formula is C25H21N9O. The Morgan fingerprint density at radius 1 is 1.11 bits per heavy atom. The van der Waals surface area contributed by atoms with Crippen LogP contribution in [0.3, 0.4) is 0 Å². The first-order chi connectivity index (χ1) is 17.1. The number of nitrogens with zero attached hydrogens (tertiary/aromatic N) is 6. The average molecular weight is 464 g/mol. The van der Waals surface area contributed by atoms with Crippen molar-refractivity contribution in [1.29, 1.82) is 0 Å². The van der Waals surface area contributed by atoms with E-state index < -0.39 is 0 Å². The van der Waals surface area contributed by atoms with Crippen LogP contribution in [0.2, 0.25) is 0 Å². The number of benzene rings is 1. The maximum Gasteiger partial charge on any atom is 0.224 e. The zero-order valence-corrected chi connectivity index (χ0v) is 19.1. The summed E-state index contributed by atoms with van der Waals surface area (Å²) in [6.45, 7) is 3.76. The first kappa shape index (κ1) is 20.7. The number of H-pyrrole nitrogens is 2. The summed E-state index contributed by atoms with van der Waals surface area (Å²) in [7, 11) is 0. The van der Waals surface area contributed by atoms with Gasteiger partial charge >= 0.3 is 0 Å². The third kappa shape index (κ3) is 3.70. The Labute approximate surface area is 199 Å². The van der Waals surface area contributed by atoms with Gasteiger partial charge in [0.15, 0.2) is 11.5 Å². The number of hydrogen-bond donors (Lipinski definition) is 3. The van der Waals surface area contributed by atoms with E-state index in [1.165, 1.54) is 0 Å². The second-order valence-electron chi connectivity index (χ2n) is 8.24. The van der Waals surface area contributed by atoms with E-state index in [0.29, 0.717) is 23.6 Å². The summed E-state index contributed by atoms with van der Waals surface area (Å²) in [5, 5.41) is 11.1. The van der Waals surface area contributed by atoms with Crippen LogP contribution in [0.5, 0.6) is 0 Å². The number of aromatic nitrogens is 8. The van der Waals surface area contributed by atoms with E-state index in [4.69, 9.17) is 4.98 Å². The third-order valence-corrected chi connectivity index (χ3v) is 5.80. The van der Waals surface area contributed by atoms with Gasteiger partial charge in [-0.25, -0.2) is 15.0 Å². The Morgan fingerprint density at radius 2 is 2.00 bits per heavy atom. The maximum atomic E-state index is 11.8. The van der Waals surface area contributed by atoms with Crippen LogP contribution in [0, 0.1) is 6.92 Å². The first-order valence-corrected chi connectivity index (χ1v) is 11.2. The fourth-order valence-electron chi connectivity index (χ4n) is 4.05. The molecule has 0 spiro atoms. The number of para-hydroxylation sites is 1. The van der Waals surface area contributed by atoms with Crippen molar-refractivity contribution in [2.45, 2.75) is 20.3 Å².